The van der Waals surface area contributed by atoms with Crippen molar-refractivity contribution in [3.63, 3.8) is 0 Å². The maximum Gasteiger partial charge on any atom is 0.321 e. The van der Waals surface area contributed by atoms with Crippen LogP contribution < -0.4 is 10.1 Å². The molecule has 0 saturated heterocycles. The molecule has 0 spiro atoms. The fraction of sp³-hybridized carbons (Fsp3) is 0.235. The van der Waals surface area contributed by atoms with Gasteiger partial charge >= 0.3 is 6.03 Å². The first-order valence-corrected chi connectivity index (χ1v) is 7.29. The average molecular weight is 311 g/mol. The average Bonchev–Trinajstić information content (AvgIpc) is 2.60. The zero-order chi connectivity index (χ0) is 16.2. The van der Waals surface area contributed by atoms with Gasteiger partial charge in [0.1, 0.15) is 12.3 Å². The summed E-state index contributed by atoms with van der Waals surface area (Å²) in [4.78, 5) is 29.6. The summed E-state index contributed by atoms with van der Waals surface area (Å²) in [6.45, 7) is 0.855. The van der Waals surface area contributed by atoms with Crippen molar-refractivity contribution in [2.75, 3.05) is 20.2 Å². The van der Waals surface area contributed by atoms with E-state index in [-0.39, 0.29) is 24.9 Å². The molecule has 2 heterocycles. The number of urea groups is 1. The predicted molar refractivity (Wildman–Crippen MR) is 86.5 cm³/mol. The van der Waals surface area contributed by atoms with Gasteiger partial charge in [-0.1, -0.05) is 12.1 Å². The van der Waals surface area contributed by atoms with Crippen molar-refractivity contribution in [1.29, 1.82) is 0 Å². The van der Waals surface area contributed by atoms with Crippen molar-refractivity contribution < 1.29 is 14.3 Å². The highest BCUT2D eigenvalue weighted by Crippen LogP contribution is 2.18. The lowest BCUT2D eigenvalue weighted by atomic mass is 9.99. The van der Waals surface area contributed by atoms with Crippen LogP contribution in [0.15, 0.2) is 52.7 Å². The van der Waals surface area contributed by atoms with E-state index >= 15 is 0 Å². The van der Waals surface area contributed by atoms with Gasteiger partial charge in [-0.15, -0.1) is 0 Å². The van der Waals surface area contributed by atoms with Crippen molar-refractivity contribution in [1.82, 2.24) is 10.2 Å². The molecule has 0 saturated carbocycles. The molecular formula is C17H17N3O3. The number of carbonyl (C=O) groups is 2. The van der Waals surface area contributed by atoms with Gasteiger partial charge in [-0.25, -0.2) is 4.79 Å². The zero-order valence-electron chi connectivity index (χ0n) is 12.8. The summed E-state index contributed by atoms with van der Waals surface area (Å²) in [5.74, 6) is 0.746. The van der Waals surface area contributed by atoms with Crippen molar-refractivity contribution in [3.05, 3.63) is 53.3 Å². The van der Waals surface area contributed by atoms with Crippen molar-refractivity contribution in [2.24, 2.45) is 4.99 Å². The van der Waals surface area contributed by atoms with Crippen LogP contribution in [-0.4, -0.2) is 43.1 Å². The van der Waals surface area contributed by atoms with E-state index in [1.54, 1.807) is 25.6 Å². The van der Waals surface area contributed by atoms with Gasteiger partial charge in [-0.3, -0.25) is 14.7 Å². The second kappa shape index (κ2) is 6.48. The van der Waals surface area contributed by atoms with Crippen molar-refractivity contribution in [2.45, 2.75) is 6.54 Å². The van der Waals surface area contributed by atoms with E-state index < -0.39 is 0 Å². The van der Waals surface area contributed by atoms with Gasteiger partial charge in [0, 0.05) is 30.1 Å². The number of Topliss-reactive ketones (excluding diaryl/α,β-unsaturated/α-hetero) is 1. The minimum Gasteiger partial charge on any atom is -0.497 e. The second-order valence-corrected chi connectivity index (χ2v) is 5.28. The standard InChI is InChI=1S/C17H17N3O3/c1-23-14-4-2-12(3-5-14)8-19-17(22)20-7-6-13-9-18-10-16(21)15(13)11-20/h2-7,9H,8,10-11H2,1H3,(H,19,22). The molecule has 0 atom stereocenters. The number of dihydropyridines is 1. The molecule has 0 aliphatic carbocycles. The molecule has 0 fully saturated rings. The Morgan fingerprint density at radius 3 is 2.87 bits per heavy atom. The maximum atomic E-state index is 12.2. The number of carbonyl (C=O) groups excluding carboxylic acids is 2. The molecule has 2 amide bonds. The summed E-state index contributed by atoms with van der Waals surface area (Å²) < 4.78 is 5.10. The Morgan fingerprint density at radius 1 is 1.35 bits per heavy atom. The van der Waals surface area contributed by atoms with Crippen LogP contribution in [0.4, 0.5) is 4.79 Å². The van der Waals surface area contributed by atoms with Gasteiger partial charge in [0.15, 0.2) is 5.78 Å². The van der Waals surface area contributed by atoms with Crippen LogP contribution in [0.2, 0.25) is 0 Å². The molecule has 118 valence electrons. The number of amides is 2. The number of rotatable bonds is 3. The Labute approximate surface area is 134 Å². The van der Waals surface area contributed by atoms with Crippen LogP contribution in [-0.2, 0) is 11.3 Å². The Bertz CT molecular complexity index is 717. The molecule has 0 bridgehead atoms. The number of nitrogens with zero attached hydrogens (tertiary/aromatic N) is 2. The Kier molecular flexibility index (Phi) is 4.23. The topological polar surface area (TPSA) is 71.0 Å². The van der Waals surface area contributed by atoms with Crippen LogP contribution in [0.3, 0.4) is 0 Å². The van der Waals surface area contributed by atoms with Crippen LogP contribution in [0.25, 0.3) is 0 Å². The third-order valence-electron chi connectivity index (χ3n) is 3.78. The van der Waals surface area contributed by atoms with E-state index in [1.807, 2.05) is 24.3 Å². The molecule has 1 aromatic carbocycles. The number of benzene rings is 1. The third kappa shape index (κ3) is 3.31. The van der Waals surface area contributed by atoms with Crippen LogP contribution in [0.5, 0.6) is 5.75 Å². The monoisotopic (exact) mass is 311 g/mol. The molecule has 0 radical (unpaired) electrons. The largest absolute Gasteiger partial charge is 0.497 e. The highest BCUT2D eigenvalue weighted by Gasteiger charge is 2.24. The molecule has 6 heteroatoms. The van der Waals surface area contributed by atoms with E-state index in [0.717, 1.165) is 16.9 Å². The second-order valence-electron chi connectivity index (χ2n) is 5.28. The Hall–Kier alpha value is -2.89. The Morgan fingerprint density at radius 2 is 2.13 bits per heavy atom. The summed E-state index contributed by atoms with van der Waals surface area (Å²) in [7, 11) is 1.61. The molecule has 0 aromatic heterocycles. The first kappa shape index (κ1) is 15.0. The summed E-state index contributed by atoms with van der Waals surface area (Å²) in [5, 5.41) is 2.84. The molecule has 2 aliphatic rings. The molecule has 1 aromatic rings. The SMILES string of the molecule is COc1ccc(CNC(=O)N2C=CC3=C(C2)C(=O)CN=C3)cc1. The first-order valence-electron chi connectivity index (χ1n) is 7.29. The minimum atomic E-state index is -0.237. The van der Waals surface area contributed by atoms with Crippen molar-refractivity contribution >= 4 is 18.0 Å². The number of allylic oxidation sites excluding steroid dienone is 2. The van der Waals surface area contributed by atoms with E-state index in [2.05, 4.69) is 10.3 Å². The number of aliphatic imine (C=N–C) groups is 1. The van der Waals surface area contributed by atoms with Crippen molar-refractivity contribution in [3.8, 4) is 5.75 Å². The third-order valence-corrected chi connectivity index (χ3v) is 3.78. The molecule has 23 heavy (non-hydrogen) atoms. The van der Waals surface area contributed by atoms with Gasteiger partial charge in [-0.05, 0) is 23.8 Å². The maximum absolute atomic E-state index is 12.2. The van der Waals surface area contributed by atoms with E-state index in [4.69, 9.17) is 4.74 Å². The fourth-order valence-electron chi connectivity index (χ4n) is 2.44. The highest BCUT2D eigenvalue weighted by atomic mass is 16.5. The lowest BCUT2D eigenvalue weighted by Gasteiger charge is -2.25. The molecule has 1 N–H and O–H groups in total. The van der Waals surface area contributed by atoms with Gasteiger partial charge in [-0.2, -0.15) is 0 Å². The number of methoxy groups -OCH3 is 1. The van der Waals surface area contributed by atoms with Crippen LogP contribution in [0, 0.1) is 0 Å². The van der Waals surface area contributed by atoms with Crippen LogP contribution >= 0.6 is 0 Å². The summed E-state index contributed by atoms with van der Waals surface area (Å²) in [6.07, 6.45) is 5.10. The summed E-state index contributed by atoms with van der Waals surface area (Å²) in [6, 6.07) is 7.25. The Balaban J connectivity index is 1.59. The minimum absolute atomic E-state index is 0.0280. The molecule has 3 rings (SSSR count). The summed E-state index contributed by atoms with van der Waals surface area (Å²) >= 11 is 0. The molecule has 6 nitrogen and oxygen atoms in total. The smallest absolute Gasteiger partial charge is 0.321 e. The first-order chi connectivity index (χ1) is 11.2. The predicted octanol–water partition coefficient (Wildman–Crippen LogP) is 1.68. The zero-order valence-corrected chi connectivity index (χ0v) is 12.8. The van der Waals surface area contributed by atoms with Crippen LogP contribution in [0.1, 0.15) is 5.56 Å². The number of hydrogen-bond donors (Lipinski definition) is 1. The van der Waals surface area contributed by atoms with E-state index in [0.29, 0.717) is 12.1 Å². The number of ether oxygens (including phenoxy) is 1. The lowest BCUT2D eigenvalue weighted by molar-refractivity contribution is -0.114. The lowest BCUT2D eigenvalue weighted by Crippen LogP contribution is -2.40. The molecule has 0 unspecified atom stereocenters. The quantitative estimate of drug-likeness (QED) is 0.923. The molecule has 2 aliphatic heterocycles. The normalized spacial score (nSPS) is 16.4. The summed E-state index contributed by atoms with van der Waals surface area (Å²) in [5.41, 5.74) is 2.41. The number of ketones is 1. The fourth-order valence-corrected chi connectivity index (χ4v) is 2.44. The number of hydrogen-bond acceptors (Lipinski definition) is 4. The van der Waals surface area contributed by atoms with Gasteiger partial charge < -0.3 is 10.1 Å². The highest BCUT2D eigenvalue weighted by molar-refractivity contribution is 6.08. The van der Waals surface area contributed by atoms with E-state index in [9.17, 15) is 9.59 Å². The van der Waals surface area contributed by atoms with Gasteiger partial charge in [0.2, 0.25) is 0 Å². The number of nitrogens with one attached hydrogen (secondary N) is 1. The van der Waals surface area contributed by atoms with Gasteiger partial charge in [0.05, 0.1) is 13.7 Å². The molecular weight excluding hydrogens is 294 g/mol. The van der Waals surface area contributed by atoms with Gasteiger partial charge in [0.25, 0.3) is 0 Å². The van der Waals surface area contributed by atoms with E-state index in [1.165, 1.54) is 4.90 Å².